The molecular formula is C13H19NO4S. The fourth-order valence-corrected chi connectivity index (χ4v) is 4.95. The molecule has 0 bridgehead atoms. The molecular weight excluding hydrogens is 266 g/mol. The minimum Gasteiger partial charge on any atom is -0.497 e. The van der Waals surface area contributed by atoms with Crippen LogP contribution in [0.15, 0.2) is 24.3 Å². The van der Waals surface area contributed by atoms with Gasteiger partial charge in [-0.1, -0.05) is 12.1 Å². The van der Waals surface area contributed by atoms with Gasteiger partial charge in [0, 0.05) is 24.1 Å². The van der Waals surface area contributed by atoms with Crippen LogP contribution in [-0.4, -0.2) is 45.3 Å². The lowest BCUT2D eigenvalue weighted by Gasteiger charge is -2.11. The zero-order valence-corrected chi connectivity index (χ0v) is 11.9. The van der Waals surface area contributed by atoms with Gasteiger partial charge in [0.1, 0.15) is 5.75 Å². The summed E-state index contributed by atoms with van der Waals surface area (Å²) in [6.45, 7) is -0.0735. The molecule has 1 saturated carbocycles. The summed E-state index contributed by atoms with van der Waals surface area (Å²) < 4.78 is 28.8. The van der Waals surface area contributed by atoms with E-state index in [1.807, 2.05) is 12.1 Å². The summed E-state index contributed by atoms with van der Waals surface area (Å²) in [5.41, 5.74) is 5.82. The zero-order valence-electron chi connectivity index (χ0n) is 11.0. The summed E-state index contributed by atoms with van der Waals surface area (Å²) >= 11 is 0. The van der Waals surface area contributed by atoms with Gasteiger partial charge in [0.2, 0.25) is 0 Å². The number of hydrogen-bond donors (Lipinski definition) is 2. The predicted octanol–water partition coefficient (Wildman–Crippen LogP) is 0.143. The second-order valence-electron chi connectivity index (χ2n) is 5.10. The highest BCUT2D eigenvalue weighted by Crippen LogP contribution is 2.61. The monoisotopic (exact) mass is 285 g/mol. The van der Waals surface area contributed by atoms with E-state index < -0.39 is 20.5 Å². The summed E-state index contributed by atoms with van der Waals surface area (Å²) in [5.74, 6) is 0.464. The van der Waals surface area contributed by atoms with E-state index in [9.17, 15) is 13.5 Å². The fraction of sp³-hybridized carbons (Fsp3) is 0.538. The van der Waals surface area contributed by atoms with Gasteiger partial charge in [-0.15, -0.1) is 0 Å². The molecule has 3 atom stereocenters. The average Bonchev–Trinajstić information content (AvgIpc) is 3.09. The van der Waals surface area contributed by atoms with Gasteiger partial charge < -0.3 is 15.6 Å². The van der Waals surface area contributed by atoms with Crippen molar-refractivity contribution in [3.63, 3.8) is 0 Å². The maximum atomic E-state index is 11.8. The Morgan fingerprint density at radius 1 is 1.37 bits per heavy atom. The van der Waals surface area contributed by atoms with E-state index in [1.54, 1.807) is 19.2 Å². The van der Waals surface area contributed by atoms with Crippen molar-refractivity contribution in [1.29, 1.82) is 0 Å². The lowest BCUT2D eigenvalue weighted by Crippen LogP contribution is -2.27. The Labute approximate surface area is 113 Å². The Balaban J connectivity index is 2.37. The maximum Gasteiger partial charge on any atom is 0.151 e. The van der Waals surface area contributed by atoms with Crippen LogP contribution in [0.5, 0.6) is 5.75 Å². The number of hydrogen-bond acceptors (Lipinski definition) is 5. The molecule has 1 fully saturated rings. The Morgan fingerprint density at radius 2 is 1.95 bits per heavy atom. The van der Waals surface area contributed by atoms with Crippen LogP contribution in [0.1, 0.15) is 11.5 Å². The van der Waals surface area contributed by atoms with Crippen LogP contribution < -0.4 is 10.5 Å². The molecule has 0 spiro atoms. The molecule has 0 unspecified atom stereocenters. The minimum atomic E-state index is -3.25. The van der Waals surface area contributed by atoms with Crippen molar-refractivity contribution >= 4 is 9.84 Å². The molecule has 1 aromatic rings. The minimum absolute atomic E-state index is 0.151. The predicted molar refractivity (Wildman–Crippen MR) is 72.9 cm³/mol. The summed E-state index contributed by atoms with van der Waals surface area (Å²) in [5, 5.41) is 8.95. The molecule has 1 aromatic carbocycles. The molecule has 0 aromatic heterocycles. The van der Waals surface area contributed by atoms with Crippen LogP contribution >= 0.6 is 0 Å². The molecule has 2 rings (SSSR count). The smallest absolute Gasteiger partial charge is 0.151 e. The van der Waals surface area contributed by atoms with Crippen molar-refractivity contribution in [2.75, 3.05) is 26.5 Å². The average molecular weight is 285 g/mol. The highest BCUT2D eigenvalue weighted by molar-refractivity contribution is 7.91. The van der Waals surface area contributed by atoms with Gasteiger partial charge in [0.15, 0.2) is 9.84 Å². The number of benzene rings is 1. The van der Waals surface area contributed by atoms with Crippen molar-refractivity contribution < 1.29 is 18.3 Å². The van der Waals surface area contributed by atoms with Crippen molar-refractivity contribution in [3.8, 4) is 5.75 Å². The first-order chi connectivity index (χ1) is 8.90. The summed E-state index contributed by atoms with van der Waals surface area (Å²) in [6.07, 6.45) is 1.20. The van der Waals surface area contributed by atoms with Crippen LogP contribution in [0.4, 0.5) is 0 Å². The van der Waals surface area contributed by atoms with Crippen LogP contribution in [0.2, 0.25) is 0 Å². The quantitative estimate of drug-likeness (QED) is 0.803. The van der Waals surface area contributed by atoms with Crippen molar-refractivity contribution in [3.05, 3.63) is 29.8 Å². The second-order valence-corrected chi connectivity index (χ2v) is 7.26. The fourth-order valence-electron chi connectivity index (χ4n) is 2.94. The molecule has 106 valence electrons. The van der Waals surface area contributed by atoms with Crippen LogP contribution in [0, 0.1) is 5.41 Å². The largest absolute Gasteiger partial charge is 0.497 e. The molecule has 3 N–H and O–H groups in total. The third kappa shape index (κ3) is 2.24. The van der Waals surface area contributed by atoms with E-state index in [0.717, 1.165) is 5.56 Å². The third-order valence-corrected chi connectivity index (χ3v) is 5.65. The van der Waals surface area contributed by atoms with Gasteiger partial charge in [0.05, 0.1) is 19.0 Å². The van der Waals surface area contributed by atoms with Gasteiger partial charge in [-0.05, 0) is 17.7 Å². The number of sulfone groups is 1. The van der Waals surface area contributed by atoms with Crippen molar-refractivity contribution in [2.45, 2.75) is 11.2 Å². The van der Waals surface area contributed by atoms with E-state index in [0.29, 0.717) is 5.75 Å². The highest BCUT2D eigenvalue weighted by atomic mass is 32.2. The maximum absolute atomic E-state index is 11.8. The van der Waals surface area contributed by atoms with E-state index in [4.69, 9.17) is 10.5 Å². The molecule has 19 heavy (non-hydrogen) atoms. The summed E-state index contributed by atoms with van der Waals surface area (Å²) in [6, 6.07) is 7.22. The SMILES string of the molecule is COc1ccc([C@@H]2[C@@H](S(C)(=O)=O)[C@]2(CN)CO)cc1. The van der Waals surface area contributed by atoms with Gasteiger partial charge in [-0.3, -0.25) is 0 Å². The van der Waals surface area contributed by atoms with E-state index in [1.165, 1.54) is 6.26 Å². The summed E-state index contributed by atoms with van der Waals surface area (Å²) in [7, 11) is -1.67. The molecule has 0 amide bonds. The normalized spacial score (nSPS) is 30.1. The van der Waals surface area contributed by atoms with Crippen LogP contribution in [0.3, 0.4) is 0 Å². The number of methoxy groups -OCH3 is 1. The van der Waals surface area contributed by atoms with E-state index in [-0.39, 0.29) is 19.1 Å². The first-order valence-electron chi connectivity index (χ1n) is 6.04. The Hall–Kier alpha value is -1.11. The molecule has 1 aliphatic rings. The number of aliphatic hydroxyl groups excluding tert-OH is 1. The first kappa shape index (κ1) is 14.3. The number of aliphatic hydroxyl groups is 1. The number of rotatable bonds is 5. The molecule has 5 nitrogen and oxygen atoms in total. The molecule has 0 radical (unpaired) electrons. The van der Waals surface area contributed by atoms with Gasteiger partial charge >= 0.3 is 0 Å². The lowest BCUT2D eigenvalue weighted by atomic mass is 10.00. The topological polar surface area (TPSA) is 89.6 Å². The van der Waals surface area contributed by atoms with Gasteiger partial charge in [0.25, 0.3) is 0 Å². The van der Waals surface area contributed by atoms with E-state index >= 15 is 0 Å². The number of ether oxygens (including phenoxy) is 1. The standard InChI is InChI=1S/C13H19NO4S/c1-18-10-5-3-9(4-6-10)11-12(19(2,16)17)13(11,7-14)8-15/h3-6,11-12,15H,7-8,14H2,1-2H3/t11-,12-,13-/m1/s1. The molecule has 1 aliphatic carbocycles. The van der Waals surface area contributed by atoms with E-state index in [2.05, 4.69) is 0 Å². The first-order valence-corrected chi connectivity index (χ1v) is 8.00. The van der Waals surface area contributed by atoms with Crippen LogP contribution in [-0.2, 0) is 9.84 Å². The number of nitrogens with two attached hydrogens (primary N) is 1. The summed E-state index contributed by atoms with van der Waals surface area (Å²) in [4.78, 5) is 0. The lowest BCUT2D eigenvalue weighted by molar-refractivity contribution is 0.212. The van der Waals surface area contributed by atoms with Gasteiger partial charge in [-0.2, -0.15) is 0 Å². The van der Waals surface area contributed by atoms with Gasteiger partial charge in [-0.25, -0.2) is 8.42 Å². The Kier molecular flexibility index (Phi) is 3.59. The van der Waals surface area contributed by atoms with Crippen LogP contribution in [0.25, 0.3) is 0 Å². The third-order valence-electron chi connectivity index (χ3n) is 3.99. The molecule has 0 heterocycles. The molecule has 6 heteroatoms. The van der Waals surface area contributed by atoms with Crippen molar-refractivity contribution in [2.24, 2.45) is 11.1 Å². The molecule has 0 aliphatic heterocycles. The molecule has 0 saturated heterocycles. The highest BCUT2D eigenvalue weighted by Gasteiger charge is 2.68. The van der Waals surface area contributed by atoms with Crippen molar-refractivity contribution in [1.82, 2.24) is 0 Å². The zero-order chi connectivity index (χ0) is 14.3. The Morgan fingerprint density at radius 3 is 2.26 bits per heavy atom. The second kappa shape index (κ2) is 4.77. The Bertz CT molecular complexity index is 549.